The Morgan fingerprint density at radius 1 is 1.33 bits per heavy atom. The van der Waals surface area contributed by atoms with E-state index < -0.39 is 11.4 Å². The standard InChI is InChI=1S/2K.H2O3S.2H/c;;1-4(2)3;;/h;;(H2,1,2,3);;/q2*+1;;2*-1. The molecular weight excluding hydrogens is 158 g/mol. The number of hydrogen-bond donors (Lipinski definition) is 2. The van der Waals surface area contributed by atoms with Gasteiger partial charge in [-0.2, -0.15) is 4.21 Å². The first-order valence-electron chi connectivity index (χ1n) is 0.532. The molecule has 0 spiro atoms. The first-order chi connectivity index (χ1) is 1.73. The van der Waals surface area contributed by atoms with E-state index in [-0.39, 0.29) is 106 Å². The van der Waals surface area contributed by atoms with Crippen molar-refractivity contribution in [3.63, 3.8) is 0 Å². The third-order valence-electron chi connectivity index (χ3n) is 0. The summed E-state index contributed by atoms with van der Waals surface area (Å²) in [5, 5.41) is 0. The van der Waals surface area contributed by atoms with E-state index in [0.717, 1.165) is 0 Å². The molecule has 0 unspecified atom stereocenters. The molecule has 0 radical (unpaired) electrons. The molecule has 0 aromatic rings. The van der Waals surface area contributed by atoms with Crippen LogP contribution < -0.4 is 103 Å². The summed E-state index contributed by atoms with van der Waals surface area (Å²) >= 11 is -2.61. The maximum absolute atomic E-state index is 8.67. The van der Waals surface area contributed by atoms with Crippen molar-refractivity contribution in [2.24, 2.45) is 0 Å². The predicted molar refractivity (Wildman–Crippen MR) is 15.6 cm³/mol. The molecule has 0 amide bonds. The van der Waals surface area contributed by atoms with Crippen LogP contribution in [0.4, 0.5) is 0 Å². The van der Waals surface area contributed by atoms with Crippen LogP contribution in [0.5, 0.6) is 0 Å². The van der Waals surface area contributed by atoms with Crippen molar-refractivity contribution in [1.29, 1.82) is 0 Å². The third kappa shape index (κ3) is 26.4. The van der Waals surface area contributed by atoms with Crippen molar-refractivity contribution in [3.05, 3.63) is 0 Å². The first-order valence-corrected chi connectivity index (χ1v) is 1.60. The minimum Gasteiger partial charge on any atom is -1.00 e. The average Bonchev–Trinajstić information content (AvgIpc) is 0.811. The predicted octanol–water partition coefficient (Wildman–Crippen LogP) is -6.09. The molecule has 0 bridgehead atoms. The zero-order valence-corrected chi connectivity index (χ0v) is 10.8. The Bertz CT molecular complexity index is 38.3. The maximum atomic E-state index is 8.67. The topological polar surface area (TPSA) is 57.5 Å². The molecule has 0 fully saturated rings. The van der Waals surface area contributed by atoms with E-state index in [9.17, 15) is 0 Å². The zero-order valence-electron chi connectivity index (χ0n) is 5.71. The van der Waals surface area contributed by atoms with Gasteiger partial charge < -0.3 is 2.85 Å². The maximum Gasteiger partial charge on any atom is 1.00 e. The molecule has 0 saturated heterocycles. The van der Waals surface area contributed by atoms with Gasteiger partial charge in [-0.25, -0.2) is 0 Å². The molecule has 30 valence electrons. The molecular formula is H4K2O3S. The molecule has 0 saturated carbocycles. The van der Waals surface area contributed by atoms with Crippen LogP contribution in [0.25, 0.3) is 0 Å². The molecule has 0 atom stereocenters. The summed E-state index contributed by atoms with van der Waals surface area (Å²) in [6.07, 6.45) is 0. The van der Waals surface area contributed by atoms with E-state index in [0.29, 0.717) is 0 Å². The van der Waals surface area contributed by atoms with Crippen LogP contribution in [-0.2, 0) is 11.4 Å². The van der Waals surface area contributed by atoms with Crippen LogP contribution in [0.1, 0.15) is 2.85 Å². The van der Waals surface area contributed by atoms with Crippen LogP contribution in [0, 0.1) is 0 Å². The van der Waals surface area contributed by atoms with Gasteiger partial charge in [-0.05, 0) is 0 Å². The Balaban J connectivity index is -0.00000000750. The van der Waals surface area contributed by atoms with Crippen LogP contribution in [-0.4, -0.2) is 13.3 Å². The Labute approximate surface area is 127 Å². The van der Waals surface area contributed by atoms with Gasteiger partial charge in [0.2, 0.25) is 0 Å². The molecule has 3 nitrogen and oxygen atoms in total. The van der Waals surface area contributed by atoms with Gasteiger partial charge in [0.25, 0.3) is 11.4 Å². The van der Waals surface area contributed by atoms with E-state index in [1.165, 1.54) is 0 Å². The third-order valence-corrected chi connectivity index (χ3v) is 0. The molecule has 0 aliphatic rings. The Morgan fingerprint density at radius 2 is 1.33 bits per heavy atom. The molecule has 0 aliphatic heterocycles. The van der Waals surface area contributed by atoms with Crippen molar-refractivity contribution < 1.29 is 119 Å². The number of rotatable bonds is 0. The van der Waals surface area contributed by atoms with Gasteiger partial charge in [0.15, 0.2) is 0 Å². The molecule has 6 heteroatoms. The van der Waals surface area contributed by atoms with Gasteiger partial charge in [-0.3, -0.25) is 9.11 Å². The normalized spacial score (nSPS) is 5.83. The molecule has 0 rings (SSSR count). The first kappa shape index (κ1) is 16.2. The Kier molecular flexibility index (Phi) is 30.1. The van der Waals surface area contributed by atoms with Crippen molar-refractivity contribution in [2.75, 3.05) is 0 Å². The van der Waals surface area contributed by atoms with Crippen molar-refractivity contribution >= 4 is 11.4 Å². The van der Waals surface area contributed by atoms with E-state index in [4.69, 9.17) is 13.3 Å². The fourth-order valence-electron chi connectivity index (χ4n) is 0. The van der Waals surface area contributed by atoms with Crippen LogP contribution >= 0.6 is 0 Å². The summed E-state index contributed by atoms with van der Waals surface area (Å²) < 4.78 is 22.8. The minimum atomic E-state index is -2.61. The van der Waals surface area contributed by atoms with Crippen LogP contribution in [0.2, 0.25) is 0 Å². The molecule has 0 heterocycles. The molecule has 0 aromatic carbocycles. The largest absolute Gasteiger partial charge is 1.00 e. The van der Waals surface area contributed by atoms with E-state index >= 15 is 0 Å². The summed E-state index contributed by atoms with van der Waals surface area (Å²) in [6.45, 7) is 0. The second-order valence-corrected chi connectivity index (χ2v) is 0.692. The average molecular weight is 162 g/mol. The van der Waals surface area contributed by atoms with Gasteiger partial charge in [-0.15, -0.1) is 0 Å². The van der Waals surface area contributed by atoms with E-state index in [1.54, 1.807) is 0 Å². The van der Waals surface area contributed by atoms with Gasteiger partial charge in [0.1, 0.15) is 0 Å². The summed E-state index contributed by atoms with van der Waals surface area (Å²) in [5.41, 5.74) is 0. The van der Waals surface area contributed by atoms with Gasteiger partial charge in [0, 0.05) is 0 Å². The van der Waals surface area contributed by atoms with Crippen LogP contribution in [0.3, 0.4) is 0 Å². The Morgan fingerprint density at radius 3 is 1.33 bits per heavy atom. The van der Waals surface area contributed by atoms with Crippen LogP contribution in [0.15, 0.2) is 0 Å². The zero-order chi connectivity index (χ0) is 3.58. The molecule has 6 heavy (non-hydrogen) atoms. The molecule has 2 N–H and O–H groups in total. The fraction of sp³-hybridized carbons (Fsp3) is 0. The smallest absolute Gasteiger partial charge is 1.00 e. The quantitative estimate of drug-likeness (QED) is 0.275. The van der Waals surface area contributed by atoms with E-state index in [1.807, 2.05) is 0 Å². The summed E-state index contributed by atoms with van der Waals surface area (Å²) in [6, 6.07) is 0. The monoisotopic (exact) mass is 162 g/mol. The van der Waals surface area contributed by atoms with Crippen molar-refractivity contribution in [1.82, 2.24) is 0 Å². The summed E-state index contributed by atoms with van der Waals surface area (Å²) in [7, 11) is 0. The second kappa shape index (κ2) is 11.2. The van der Waals surface area contributed by atoms with Crippen molar-refractivity contribution in [3.8, 4) is 0 Å². The molecule has 0 aromatic heterocycles. The Hall–Kier alpha value is 3.34. The minimum absolute atomic E-state index is 0. The number of hydrogen-bond acceptors (Lipinski definition) is 1. The van der Waals surface area contributed by atoms with Gasteiger partial charge >= 0.3 is 103 Å². The van der Waals surface area contributed by atoms with Gasteiger partial charge in [0.05, 0.1) is 0 Å². The van der Waals surface area contributed by atoms with E-state index in [2.05, 4.69) is 0 Å². The van der Waals surface area contributed by atoms with Gasteiger partial charge in [-0.1, -0.05) is 0 Å². The summed E-state index contributed by atoms with van der Waals surface area (Å²) in [4.78, 5) is 0. The fourth-order valence-corrected chi connectivity index (χ4v) is 0. The summed E-state index contributed by atoms with van der Waals surface area (Å²) in [5.74, 6) is 0. The molecule has 0 aliphatic carbocycles. The SMILES string of the molecule is O=S(O)O.[H-].[H-].[K+].[K+]. The van der Waals surface area contributed by atoms with Crippen molar-refractivity contribution in [2.45, 2.75) is 0 Å². The second-order valence-electron chi connectivity index (χ2n) is 0.231.